The highest BCUT2D eigenvalue weighted by Gasteiger charge is 2.24. The molecule has 0 amide bonds. The minimum Gasteiger partial charge on any atom is -0.477 e. The predicted molar refractivity (Wildman–Crippen MR) is 52.4 cm³/mol. The van der Waals surface area contributed by atoms with Crippen molar-refractivity contribution in [3.8, 4) is 0 Å². The van der Waals surface area contributed by atoms with Crippen LogP contribution in [0, 0.1) is 0 Å². The van der Waals surface area contributed by atoms with Crippen LogP contribution < -0.4 is 5.32 Å². The fourth-order valence-electron chi connectivity index (χ4n) is 2.21. The Morgan fingerprint density at radius 1 is 1.43 bits per heavy atom. The zero-order valence-corrected chi connectivity index (χ0v) is 8.20. The fourth-order valence-corrected chi connectivity index (χ4v) is 2.21. The summed E-state index contributed by atoms with van der Waals surface area (Å²) >= 11 is 0. The van der Waals surface area contributed by atoms with Crippen molar-refractivity contribution in [3.05, 3.63) is 11.9 Å². The van der Waals surface area contributed by atoms with Crippen LogP contribution >= 0.6 is 0 Å². The summed E-state index contributed by atoms with van der Waals surface area (Å²) in [7, 11) is 0. The van der Waals surface area contributed by atoms with E-state index in [0.717, 1.165) is 0 Å². The summed E-state index contributed by atoms with van der Waals surface area (Å²) in [5.41, 5.74) is 0.329. The average Bonchev–Trinajstić information content (AvgIpc) is 2.68. The highest BCUT2D eigenvalue weighted by atomic mass is 16.4. The second-order valence-electron chi connectivity index (χ2n) is 3.99. The van der Waals surface area contributed by atoms with Gasteiger partial charge in [-0.1, -0.05) is 19.3 Å². The molecule has 1 fully saturated rings. The second-order valence-corrected chi connectivity index (χ2v) is 3.99. The summed E-state index contributed by atoms with van der Waals surface area (Å²) in [4.78, 5) is 12.8. The molecule has 0 atom stereocenters. The van der Waals surface area contributed by atoms with Gasteiger partial charge in [-0.2, -0.15) is 0 Å². The zero-order valence-electron chi connectivity index (χ0n) is 8.20. The summed E-state index contributed by atoms with van der Waals surface area (Å²) in [6.45, 7) is 0.659. The molecule has 0 unspecified atom stereocenters. The minimum atomic E-state index is -0.858. The van der Waals surface area contributed by atoms with Gasteiger partial charge in [-0.3, -0.25) is 0 Å². The van der Waals surface area contributed by atoms with Gasteiger partial charge in [0, 0.05) is 12.2 Å². The van der Waals surface area contributed by atoms with E-state index in [2.05, 4.69) is 10.2 Å². The van der Waals surface area contributed by atoms with Gasteiger partial charge in [-0.15, -0.1) is 0 Å². The van der Waals surface area contributed by atoms with Gasteiger partial charge in [0.2, 0.25) is 0 Å². The average molecular weight is 196 g/mol. The summed E-state index contributed by atoms with van der Waals surface area (Å²) in [6.07, 6.45) is 8.02. The van der Waals surface area contributed by atoms with E-state index in [1.165, 1.54) is 32.1 Å². The smallest absolute Gasteiger partial charge is 0.353 e. The standard InChI is InChI=1S/C10H16N2O2/c13-10(14)9-6-12(7-11-9)8-4-2-1-3-5-8/h6,8,11H,1-5,7H2,(H,13,14). The number of rotatable bonds is 2. The Hall–Kier alpha value is -1.19. The van der Waals surface area contributed by atoms with Crippen LogP contribution in [-0.2, 0) is 4.79 Å². The van der Waals surface area contributed by atoms with Crippen LogP contribution in [0.5, 0.6) is 0 Å². The van der Waals surface area contributed by atoms with Gasteiger partial charge >= 0.3 is 5.97 Å². The van der Waals surface area contributed by atoms with Gasteiger partial charge < -0.3 is 15.3 Å². The molecule has 0 radical (unpaired) electrons. The van der Waals surface area contributed by atoms with Crippen LogP contribution in [0.4, 0.5) is 0 Å². The molecular weight excluding hydrogens is 180 g/mol. The van der Waals surface area contributed by atoms with E-state index >= 15 is 0 Å². The third-order valence-corrected chi connectivity index (χ3v) is 3.02. The molecule has 2 aliphatic rings. The first-order chi connectivity index (χ1) is 6.77. The van der Waals surface area contributed by atoms with Crippen molar-refractivity contribution in [1.82, 2.24) is 10.2 Å². The van der Waals surface area contributed by atoms with E-state index in [9.17, 15) is 4.79 Å². The molecule has 0 spiro atoms. The van der Waals surface area contributed by atoms with E-state index in [-0.39, 0.29) is 0 Å². The molecular formula is C10H16N2O2. The van der Waals surface area contributed by atoms with Crippen LogP contribution in [0.15, 0.2) is 11.9 Å². The monoisotopic (exact) mass is 196 g/mol. The number of nitrogens with one attached hydrogen (secondary N) is 1. The predicted octanol–water partition coefficient (Wildman–Crippen LogP) is 1.11. The number of nitrogens with zero attached hydrogens (tertiary/aromatic N) is 1. The molecule has 0 bridgehead atoms. The maximum Gasteiger partial charge on any atom is 0.353 e. The van der Waals surface area contributed by atoms with E-state index in [0.29, 0.717) is 18.4 Å². The molecule has 2 rings (SSSR count). The Balaban J connectivity index is 1.96. The van der Waals surface area contributed by atoms with Crippen LogP contribution in [-0.4, -0.2) is 28.7 Å². The molecule has 0 aromatic carbocycles. The van der Waals surface area contributed by atoms with Crippen LogP contribution in [0.2, 0.25) is 0 Å². The summed E-state index contributed by atoms with van der Waals surface area (Å²) < 4.78 is 0. The molecule has 0 saturated heterocycles. The molecule has 1 aliphatic heterocycles. The summed E-state index contributed by atoms with van der Waals surface area (Å²) in [5, 5.41) is 11.7. The fraction of sp³-hybridized carbons (Fsp3) is 0.700. The maximum absolute atomic E-state index is 10.7. The third kappa shape index (κ3) is 1.84. The Morgan fingerprint density at radius 2 is 2.14 bits per heavy atom. The Morgan fingerprint density at radius 3 is 2.71 bits per heavy atom. The number of carboxylic acids is 1. The normalized spacial score (nSPS) is 23.1. The topological polar surface area (TPSA) is 52.6 Å². The molecule has 1 saturated carbocycles. The van der Waals surface area contributed by atoms with Gasteiger partial charge in [0.15, 0.2) is 0 Å². The SMILES string of the molecule is O=C(O)C1=CN(C2CCCCC2)CN1. The van der Waals surface area contributed by atoms with Gasteiger partial charge in [0.25, 0.3) is 0 Å². The van der Waals surface area contributed by atoms with Crippen molar-refractivity contribution in [1.29, 1.82) is 0 Å². The Labute approximate surface area is 83.6 Å². The Bertz CT molecular complexity index is 257. The quantitative estimate of drug-likeness (QED) is 0.694. The number of hydrogen-bond acceptors (Lipinski definition) is 3. The number of aliphatic carboxylic acids is 1. The van der Waals surface area contributed by atoms with Crippen molar-refractivity contribution >= 4 is 5.97 Å². The third-order valence-electron chi connectivity index (χ3n) is 3.02. The van der Waals surface area contributed by atoms with E-state index in [1.54, 1.807) is 6.20 Å². The summed E-state index contributed by atoms with van der Waals surface area (Å²) in [5.74, 6) is -0.858. The first kappa shape index (κ1) is 9.37. The molecule has 2 N–H and O–H groups in total. The van der Waals surface area contributed by atoms with Gasteiger partial charge in [-0.25, -0.2) is 4.79 Å². The highest BCUT2D eigenvalue weighted by molar-refractivity contribution is 5.86. The van der Waals surface area contributed by atoms with E-state index < -0.39 is 5.97 Å². The lowest BCUT2D eigenvalue weighted by Crippen LogP contribution is -2.34. The maximum atomic E-state index is 10.7. The molecule has 1 heterocycles. The first-order valence-corrected chi connectivity index (χ1v) is 5.22. The number of hydrogen-bond donors (Lipinski definition) is 2. The van der Waals surface area contributed by atoms with E-state index in [1.807, 2.05) is 0 Å². The highest BCUT2D eigenvalue weighted by Crippen LogP contribution is 2.24. The van der Waals surface area contributed by atoms with Gasteiger partial charge in [-0.05, 0) is 12.8 Å². The largest absolute Gasteiger partial charge is 0.477 e. The molecule has 4 nitrogen and oxygen atoms in total. The molecule has 1 aliphatic carbocycles. The van der Waals surface area contributed by atoms with Crippen LogP contribution in [0.25, 0.3) is 0 Å². The molecule has 14 heavy (non-hydrogen) atoms. The van der Waals surface area contributed by atoms with Gasteiger partial charge in [0.1, 0.15) is 5.70 Å². The molecule has 0 aromatic rings. The number of carboxylic acid groups (broad SMARTS) is 1. The van der Waals surface area contributed by atoms with Crippen molar-refractivity contribution in [2.24, 2.45) is 0 Å². The lowest BCUT2D eigenvalue weighted by atomic mass is 9.95. The lowest BCUT2D eigenvalue weighted by Gasteiger charge is -2.30. The second kappa shape index (κ2) is 3.90. The van der Waals surface area contributed by atoms with Crippen molar-refractivity contribution < 1.29 is 9.90 Å². The van der Waals surface area contributed by atoms with Gasteiger partial charge in [0.05, 0.1) is 6.67 Å². The van der Waals surface area contributed by atoms with Crippen molar-refractivity contribution in [3.63, 3.8) is 0 Å². The molecule has 0 aromatic heterocycles. The lowest BCUT2D eigenvalue weighted by molar-refractivity contribution is -0.132. The van der Waals surface area contributed by atoms with E-state index in [4.69, 9.17) is 5.11 Å². The van der Waals surface area contributed by atoms with Crippen LogP contribution in [0.3, 0.4) is 0 Å². The van der Waals surface area contributed by atoms with Crippen molar-refractivity contribution in [2.45, 2.75) is 38.1 Å². The molecule has 4 heteroatoms. The summed E-state index contributed by atoms with van der Waals surface area (Å²) in [6, 6.07) is 0.549. The first-order valence-electron chi connectivity index (χ1n) is 5.22. The Kier molecular flexibility index (Phi) is 2.61. The zero-order chi connectivity index (χ0) is 9.97. The molecule has 78 valence electrons. The van der Waals surface area contributed by atoms with Crippen molar-refractivity contribution in [2.75, 3.05) is 6.67 Å². The van der Waals surface area contributed by atoms with Crippen LogP contribution in [0.1, 0.15) is 32.1 Å². The minimum absolute atomic E-state index is 0.329. The number of carbonyl (C=O) groups is 1.